The van der Waals surface area contributed by atoms with Gasteiger partial charge in [-0.3, -0.25) is 13.8 Å². The number of hydrogen-bond acceptors (Lipinski definition) is 11. The van der Waals surface area contributed by atoms with E-state index in [0.29, 0.717) is 12.8 Å². The highest BCUT2D eigenvalue weighted by Crippen LogP contribution is 2.47. The maximum atomic E-state index is 13.1. The van der Waals surface area contributed by atoms with Crippen LogP contribution in [-0.4, -0.2) is 108 Å². The molecule has 382 valence electrons. The Balaban J connectivity index is 2.42. The van der Waals surface area contributed by atoms with Crippen LogP contribution >= 0.6 is 7.82 Å². The zero-order valence-electron chi connectivity index (χ0n) is 40.7. The third-order valence-electron chi connectivity index (χ3n) is 13.2. The predicted octanol–water partition coefficient (Wildman–Crippen LogP) is 9.99. The van der Waals surface area contributed by atoms with E-state index in [-0.39, 0.29) is 12.8 Å². The van der Waals surface area contributed by atoms with Crippen LogP contribution in [0.4, 0.5) is 0 Å². The fourth-order valence-corrected chi connectivity index (χ4v) is 9.86. The molecule has 13 nitrogen and oxygen atoms in total. The average Bonchev–Trinajstić information content (AvgIpc) is 3.27. The molecule has 0 aromatic rings. The van der Waals surface area contributed by atoms with Crippen molar-refractivity contribution in [3.8, 4) is 0 Å². The van der Waals surface area contributed by atoms with Gasteiger partial charge in [0.1, 0.15) is 36.6 Å². The molecule has 0 saturated heterocycles. The SMILES string of the molecule is CCCCCCCCCCCCCCCCCCCCCC(O)CC(=O)NC(COP(=O)(O)OC1C(O)C(O)C(O)C(O)C1O)C(O)CCCCCCCCCCCCCCCCC. The molecule has 1 fully saturated rings. The third-order valence-corrected chi connectivity index (χ3v) is 14.2. The molecule has 0 aromatic carbocycles. The predicted molar refractivity (Wildman–Crippen MR) is 257 cm³/mol. The molecule has 0 aliphatic heterocycles. The molecule has 0 aromatic heterocycles. The summed E-state index contributed by atoms with van der Waals surface area (Å²) >= 11 is 0. The molecule has 1 aliphatic rings. The summed E-state index contributed by atoms with van der Waals surface area (Å²) in [5, 5.41) is 74.8. The summed E-state index contributed by atoms with van der Waals surface area (Å²) in [6, 6.07) is -1.15. The molecule has 1 aliphatic carbocycles. The number of amides is 1. The fraction of sp³-hybridized carbons (Fsp3) is 0.980. The highest BCUT2D eigenvalue weighted by atomic mass is 31.2. The van der Waals surface area contributed by atoms with E-state index in [1.165, 1.54) is 161 Å². The number of carbonyl (C=O) groups is 1. The van der Waals surface area contributed by atoms with Crippen molar-refractivity contribution in [2.75, 3.05) is 6.61 Å². The van der Waals surface area contributed by atoms with E-state index < -0.39 is 75.2 Å². The standard InChI is InChI=1S/C50H100NO12P/c1-3-5-7-9-11-13-15-17-19-20-21-22-24-25-27-29-31-33-35-37-41(52)39-44(54)51-42(40-62-64(60,61)63-50-48(58)46(56)45(55)47(57)49(50)59)43(53)38-36-34-32-30-28-26-23-18-16-14-12-10-8-6-4-2/h41-43,45-50,52-53,55-59H,3-40H2,1-2H3,(H,51,54)(H,60,61). The van der Waals surface area contributed by atoms with Crippen molar-refractivity contribution < 1.29 is 59.0 Å². The van der Waals surface area contributed by atoms with Gasteiger partial charge in [-0.1, -0.05) is 232 Å². The Hall–Kier alpha value is -0.700. The van der Waals surface area contributed by atoms with E-state index in [1.54, 1.807) is 0 Å². The minimum atomic E-state index is -5.12. The van der Waals surface area contributed by atoms with Crippen LogP contribution in [0.3, 0.4) is 0 Å². The van der Waals surface area contributed by atoms with E-state index in [4.69, 9.17) is 9.05 Å². The maximum Gasteiger partial charge on any atom is 0.472 e. The topological polar surface area (TPSA) is 226 Å². The first-order valence-electron chi connectivity index (χ1n) is 26.6. The van der Waals surface area contributed by atoms with Crippen molar-refractivity contribution in [2.24, 2.45) is 0 Å². The largest absolute Gasteiger partial charge is 0.472 e. The van der Waals surface area contributed by atoms with Crippen molar-refractivity contribution in [1.29, 1.82) is 0 Å². The lowest BCUT2D eigenvalue weighted by Crippen LogP contribution is -2.64. The molecule has 0 radical (unpaired) electrons. The van der Waals surface area contributed by atoms with E-state index in [9.17, 15) is 50.0 Å². The minimum Gasteiger partial charge on any atom is -0.393 e. The third kappa shape index (κ3) is 31.4. The zero-order chi connectivity index (χ0) is 47.3. The van der Waals surface area contributed by atoms with Gasteiger partial charge in [-0.15, -0.1) is 0 Å². The first-order valence-corrected chi connectivity index (χ1v) is 28.1. The second-order valence-electron chi connectivity index (χ2n) is 19.3. The van der Waals surface area contributed by atoms with Gasteiger partial charge in [-0.25, -0.2) is 4.57 Å². The zero-order valence-corrected chi connectivity index (χ0v) is 41.6. The Morgan fingerprint density at radius 2 is 0.781 bits per heavy atom. The molecule has 0 bridgehead atoms. The van der Waals surface area contributed by atoms with Crippen LogP contribution in [0, 0.1) is 0 Å². The number of nitrogens with one attached hydrogen (secondary N) is 1. The number of unbranched alkanes of at least 4 members (excludes halogenated alkanes) is 32. The Morgan fingerprint density at radius 1 is 0.484 bits per heavy atom. The number of aliphatic hydroxyl groups excluding tert-OH is 7. The maximum absolute atomic E-state index is 13.1. The molecular formula is C50H100NO12P. The van der Waals surface area contributed by atoms with Gasteiger partial charge in [0.25, 0.3) is 0 Å². The van der Waals surface area contributed by atoms with Crippen LogP contribution in [0.5, 0.6) is 0 Å². The second-order valence-corrected chi connectivity index (χ2v) is 20.7. The lowest BCUT2D eigenvalue weighted by Gasteiger charge is -2.41. The summed E-state index contributed by atoms with van der Waals surface area (Å²) in [6.07, 6.45) is 28.6. The Kier molecular flexibility index (Phi) is 38.5. The first kappa shape index (κ1) is 61.3. The highest BCUT2D eigenvalue weighted by molar-refractivity contribution is 7.47. The van der Waals surface area contributed by atoms with Gasteiger partial charge in [-0.05, 0) is 12.8 Å². The molecule has 1 amide bonds. The number of hydrogen-bond donors (Lipinski definition) is 9. The molecule has 9 N–H and O–H groups in total. The number of aliphatic hydroxyl groups is 7. The number of phosphoric acid groups is 1. The first-order chi connectivity index (χ1) is 30.8. The van der Waals surface area contributed by atoms with Crippen LogP contribution in [-0.2, 0) is 18.4 Å². The molecule has 1 saturated carbocycles. The molecule has 8 atom stereocenters. The highest BCUT2D eigenvalue weighted by Gasteiger charge is 2.51. The fourth-order valence-electron chi connectivity index (χ4n) is 8.90. The summed E-state index contributed by atoms with van der Waals surface area (Å²) in [5.41, 5.74) is 0. The van der Waals surface area contributed by atoms with Crippen LogP contribution < -0.4 is 5.32 Å². The summed E-state index contributed by atoms with van der Waals surface area (Å²) < 4.78 is 23.0. The van der Waals surface area contributed by atoms with Gasteiger partial charge in [0.05, 0.1) is 31.3 Å². The molecule has 64 heavy (non-hydrogen) atoms. The average molecular weight is 938 g/mol. The molecule has 14 heteroatoms. The Bertz CT molecular complexity index is 1110. The number of phosphoric ester groups is 1. The normalized spacial score (nSPS) is 22.6. The van der Waals surface area contributed by atoms with Gasteiger partial charge < -0.3 is 46.0 Å². The van der Waals surface area contributed by atoms with E-state index >= 15 is 0 Å². The van der Waals surface area contributed by atoms with Gasteiger partial charge in [0.15, 0.2) is 0 Å². The van der Waals surface area contributed by atoms with Crippen LogP contribution in [0.1, 0.15) is 251 Å². The lowest BCUT2D eigenvalue weighted by molar-refractivity contribution is -0.220. The summed E-state index contributed by atoms with van der Waals surface area (Å²) in [6.45, 7) is 3.82. The van der Waals surface area contributed by atoms with Crippen molar-refractivity contribution in [2.45, 2.75) is 306 Å². The van der Waals surface area contributed by atoms with Crippen LogP contribution in [0.2, 0.25) is 0 Å². The Morgan fingerprint density at radius 3 is 1.12 bits per heavy atom. The Labute approximate surface area is 389 Å². The second kappa shape index (κ2) is 40.2. The summed E-state index contributed by atoms with van der Waals surface area (Å²) in [4.78, 5) is 23.5. The van der Waals surface area contributed by atoms with Gasteiger partial charge in [-0.2, -0.15) is 0 Å². The quantitative estimate of drug-likeness (QED) is 0.0205. The summed E-state index contributed by atoms with van der Waals surface area (Å²) in [5.74, 6) is -0.554. The molecular weight excluding hydrogens is 838 g/mol. The van der Waals surface area contributed by atoms with Crippen LogP contribution in [0.15, 0.2) is 0 Å². The monoisotopic (exact) mass is 938 g/mol. The van der Waals surface area contributed by atoms with Crippen LogP contribution in [0.25, 0.3) is 0 Å². The van der Waals surface area contributed by atoms with Gasteiger partial charge in [0.2, 0.25) is 5.91 Å². The molecule has 1 rings (SSSR count). The van der Waals surface area contributed by atoms with E-state index in [1.807, 2.05) is 0 Å². The number of carbonyl (C=O) groups excluding carboxylic acids is 1. The van der Waals surface area contributed by atoms with E-state index in [0.717, 1.165) is 51.4 Å². The van der Waals surface area contributed by atoms with Gasteiger partial charge >= 0.3 is 7.82 Å². The van der Waals surface area contributed by atoms with Crippen molar-refractivity contribution in [3.05, 3.63) is 0 Å². The molecule has 8 unspecified atom stereocenters. The lowest BCUT2D eigenvalue weighted by atomic mass is 9.85. The minimum absolute atomic E-state index is 0.215. The van der Waals surface area contributed by atoms with Crippen molar-refractivity contribution >= 4 is 13.7 Å². The molecule has 0 heterocycles. The summed E-state index contributed by atoms with van der Waals surface area (Å²) in [7, 11) is -5.12. The molecule has 0 spiro atoms. The van der Waals surface area contributed by atoms with E-state index in [2.05, 4.69) is 19.2 Å². The van der Waals surface area contributed by atoms with Crippen molar-refractivity contribution in [1.82, 2.24) is 5.32 Å². The van der Waals surface area contributed by atoms with Gasteiger partial charge in [0, 0.05) is 0 Å². The number of rotatable bonds is 45. The smallest absolute Gasteiger partial charge is 0.393 e. The van der Waals surface area contributed by atoms with Crippen molar-refractivity contribution in [3.63, 3.8) is 0 Å².